The number of aliphatic hydroxyl groups is 1. The summed E-state index contributed by atoms with van der Waals surface area (Å²) in [5.41, 5.74) is 5.13. The number of carbonyl (C=O) groups excluding carboxylic acids is 1. The summed E-state index contributed by atoms with van der Waals surface area (Å²) in [6, 6.07) is 0. The first-order valence-corrected chi connectivity index (χ1v) is 7.37. The zero-order chi connectivity index (χ0) is 15.2. The maximum atomic E-state index is 11.9. The van der Waals surface area contributed by atoms with Gasteiger partial charge in [-0.1, -0.05) is 0 Å². The quantitative estimate of drug-likeness (QED) is 0.769. The van der Waals surface area contributed by atoms with E-state index >= 15 is 0 Å². The molecule has 1 saturated heterocycles. The van der Waals surface area contributed by atoms with E-state index < -0.39 is 5.60 Å². The van der Waals surface area contributed by atoms with Crippen molar-refractivity contribution in [2.45, 2.75) is 32.8 Å². The monoisotopic (exact) mass is 287 g/mol. The molecule has 1 amide bonds. The van der Waals surface area contributed by atoms with Crippen LogP contribution >= 0.6 is 0 Å². The molecule has 3 N–H and O–H groups in total. The van der Waals surface area contributed by atoms with E-state index in [9.17, 15) is 4.79 Å². The highest BCUT2D eigenvalue weighted by molar-refractivity contribution is 5.68. The number of ether oxygens (including phenoxy) is 1. The van der Waals surface area contributed by atoms with Crippen molar-refractivity contribution in [3.05, 3.63) is 0 Å². The second-order valence-electron chi connectivity index (χ2n) is 6.38. The van der Waals surface area contributed by atoms with E-state index in [1.54, 1.807) is 4.90 Å². The summed E-state index contributed by atoms with van der Waals surface area (Å²) in [6.07, 6.45) is 0.673. The van der Waals surface area contributed by atoms with Crippen LogP contribution < -0.4 is 5.73 Å². The zero-order valence-corrected chi connectivity index (χ0v) is 13.0. The molecule has 0 aliphatic carbocycles. The van der Waals surface area contributed by atoms with Crippen LogP contribution in [0.15, 0.2) is 0 Å². The second kappa shape index (κ2) is 7.81. The Morgan fingerprint density at radius 1 is 1.30 bits per heavy atom. The van der Waals surface area contributed by atoms with Crippen molar-refractivity contribution in [1.82, 2.24) is 9.80 Å². The molecule has 0 aromatic rings. The molecule has 1 aliphatic rings. The molecular weight excluding hydrogens is 258 g/mol. The number of hydrogen-bond acceptors (Lipinski definition) is 5. The molecular formula is C14H29N3O3. The van der Waals surface area contributed by atoms with E-state index in [1.165, 1.54) is 0 Å². The molecule has 1 atom stereocenters. The van der Waals surface area contributed by atoms with Crippen LogP contribution in [0.3, 0.4) is 0 Å². The number of aliphatic hydroxyl groups excluding tert-OH is 1. The van der Waals surface area contributed by atoms with Crippen molar-refractivity contribution >= 4 is 6.09 Å². The molecule has 1 aliphatic heterocycles. The molecule has 0 spiro atoms. The van der Waals surface area contributed by atoms with Gasteiger partial charge in [0.2, 0.25) is 0 Å². The third-order valence-corrected chi connectivity index (χ3v) is 3.47. The van der Waals surface area contributed by atoms with Crippen LogP contribution in [0.5, 0.6) is 0 Å². The first kappa shape index (κ1) is 17.2. The number of rotatable bonds is 5. The summed E-state index contributed by atoms with van der Waals surface area (Å²) in [4.78, 5) is 16.0. The van der Waals surface area contributed by atoms with Crippen LogP contribution in [0.25, 0.3) is 0 Å². The minimum Gasteiger partial charge on any atom is -0.444 e. The Bertz CT molecular complexity index is 293. The third kappa shape index (κ3) is 6.07. The Kier molecular flexibility index (Phi) is 6.71. The van der Waals surface area contributed by atoms with Crippen molar-refractivity contribution in [2.75, 3.05) is 45.9 Å². The van der Waals surface area contributed by atoms with Gasteiger partial charge in [-0.3, -0.25) is 4.90 Å². The number of carbonyl (C=O) groups is 1. The molecule has 20 heavy (non-hydrogen) atoms. The first-order chi connectivity index (χ1) is 9.35. The largest absolute Gasteiger partial charge is 0.444 e. The maximum absolute atomic E-state index is 11.9. The maximum Gasteiger partial charge on any atom is 0.410 e. The molecule has 0 bridgehead atoms. The molecule has 0 saturated carbocycles. The lowest BCUT2D eigenvalue weighted by atomic mass is 10.1. The molecule has 6 nitrogen and oxygen atoms in total. The topological polar surface area (TPSA) is 79.0 Å². The normalized spacial score (nSPS) is 18.9. The fourth-order valence-corrected chi connectivity index (χ4v) is 2.13. The van der Waals surface area contributed by atoms with Crippen molar-refractivity contribution < 1.29 is 14.6 Å². The highest BCUT2D eigenvalue weighted by Gasteiger charge is 2.25. The fourth-order valence-electron chi connectivity index (χ4n) is 2.13. The van der Waals surface area contributed by atoms with Crippen molar-refractivity contribution in [3.63, 3.8) is 0 Å². The molecule has 118 valence electrons. The summed E-state index contributed by atoms with van der Waals surface area (Å²) in [5, 5.41) is 9.11. The van der Waals surface area contributed by atoms with E-state index in [-0.39, 0.29) is 18.6 Å². The molecule has 0 aromatic carbocycles. The first-order valence-electron chi connectivity index (χ1n) is 7.37. The van der Waals surface area contributed by atoms with Gasteiger partial charge in [0.15, 0.2) is 0 Å². The molecule has 1 rings (SSSR count). The number of hydrogen-bond donors (Lipinski definition) is 2. The summed E-state index contributed by atoms with van der Waals surface area (Å²) < 4.78 is 5.36. The van der Waals surface area contributed by atoms with Crippen LogP contribution in [0.4, 0.5) is 4.79 Å². The molecule has 1 fully saturated rings. The van der Waals surface area contributed by atoms with Crippen LogP contribution in [0.1, 0.15) is 27.2 Å². The van der Waals surface area contributed by atoms with E-state index in [1.807, 2.05) is 20.8 Å². The van der Waals surface area contributed by atoms with Crippen molar-refractivity contribution in [1.29, 1.82) is 0 Å². The van der Waals surface area contributed by atoms with Gasteiger partial charge in [0, 0.05) is 32.8 Å². The van der Waals surface area contributed by atoms with Gasteiger partial charge in [-0.05, 0) is 46.2 Å². The molecule has 6 heteroatoms. The third-order valence-electron chi connectivity index (χ3n) is 3.47. The van der Waals surface area contributed by atoms with E-state index in [0.29, 0.717) is 19.6 Å². The zero-order valence-electron chi connectivity index (χ0n) is 13.0. The van der Waals surface area contributed by atoms with Gasteiger partial charge in [0.1, 0.15) is 5.60 Å². The summed E-state index contributed by atoms with van der Waals surface area (Å²) in [5.74, 6) is 0.180. The second-order valence-corrected chi connectivity index (χ2v) is 6.38. The Morgan fingerprint density at radius 2 is 1.90 bits per heavy atom. The van der Waals surface area contributed by atoms with Gasteiger partial charge in [-0.15, -0.1) is 0 Å². The highest BCUT2D eigenvalue weighted by atomic mass is 16.6. The smallest absolute Gasteiger partial charge is 0.410 e. The minimum atomic E-state index is -0.441. The lowest BCUT2D eigenvalue weighted by Gasteiger charge is -2.36. The molecule has 1 heterocycles. The molecule has 0 radical (unpaired) electrons. The standard InChI is InChI=1S/C14H29N3O3/c1-14(2,3)20-13(19)17-8-6-16(7-9-17)5-4-12(10-15)11-18/h12,18H,4-11,15H2,1-3H3. The average Bonchev–Trinajstić information content (AvgIpc) is 2.38. The Labute approximate surface area is 121 Å². The van der Waals surface area contributed by atoms with Gasteiger partial charge < -0.3 is 20.5 Å². The number of nitrogens with zero attached hydrogens (tertiary/aromatic N) is 2. The Morgan fingerprint density at radius 3 is 2.35 bits per heavy atom. The van der Waals surface area contributed by atoms with Crippen molar-refractivity contribution in [2.24, 2.45) is 11.7 Å². The fraction of sp³-hybridized carbons (Fsp3) is 0.929. The SMILES string of the molecule is CC(C)(C)OC(=O)N1CCN(CCC(CN)CO)CC1. The van der Waals surface area contributed by atoms with Crippen LogP contribution in [-0.2, 0) is 4.74 Å². The highest BCUT2D eigenvalue weighted by Crippen LogP contribution is 2.12. The van der Waals surface area contributed by atoms with Gasteiger partial charge >= 0.3 is 6.09 Å². The van der Waals surface area contributed by atoms with Gasteiger partial charge in [-0.2, -0.15) is 0 Å². The minimum absolute atomic E-state index is 0.147. The lowest BCUT2D eigenvalue weighted by Crippen LogP contribution is -2.50. The summed E-state index contributed by atoms with van der Waals surface area (Å²) >= 11 is 0. The van der Waals surface area contributed by atoms with E-state index in [2.05, 4.69) is 4.90 Å². The number of nitrogens with two attached hydrogens (primary N) is 1. The Balaban J connectivity index is 2.28. The van der Waals surface area contributed by atoms with Crippen LogP contribution in [-0.4, -0.2) is 72.5 Å². The van der Waals surface area contributed by atoms with E-state index in [4.69, 9.17) is 15.6 Å². The van der Waals surface area contributed by atoms with Crippen LogP contribution in [0, 0.1) is 5.92 Å². The lowest BCUT2D eigenvalue weighted by molar-refractivity contribution is 0.0140. The predicted molar refractivity (Wildman–Crippen MR) is 78.5 cm³/mol. The summed E-state index contributed by atoms with van der Waals surface area (Å²) in [7, 11) is 0. The van der Waals surface area contributed by atoms with Gasteiger partial charge in [0.25, 0.3) is 0 Å². The predicted octanol–water partition coefficient (Wildman–Crippen LogP) is 0.496. The molecule has 1 unspecified atom stereocenters. The average molecular weight is 287 g/mol. The number of amides is 1. The van der Waals surface area contributed by atoms with Crippen molar-refractivity contribution in [3.8, 4) is 0 Å². The van der Waals surface area contributed by atoms with Gasteiger partial charge in [0.05, 0.1) is 0 Å². The van der Waals surface area contributed by atoms with E-state index in [0.717, 1.165) is 26.1 Å². The molecule has 0 aromatic heterocycles. The Hall–Kier alpha value is -0.850. The van der Waals surface area contributed by atoms with Gasteiger partial charge in [-0.25, -0.2) is 4.79 Å². The van der Waals surface area contributed by atoms with Crippen LogP contribution in [0.2, 0.25) is 0 Å². The number of piperazine rings is 1. The summed E-state index contributed by atoms with van der Waals surface area (Å²) in [6.45, 7) is 10.3.